The van der Waals surface area contributed by atoms with Crippen LogP contribution in [0, 0.1) is 6.92 Å². The number of aryl methyl sites for hydroxylation is 1. The molecule has 7 heteroatoms. The van der Waals surface area contributed by atoms with Gasteiger partial charge in [-0.25, -0.2) is 4.79 Å². The molecule has 2 heterocycles. The summed E-state index contributed by atoms with van der Waals surface area (Å²) in [6.45, 7) is 3.19. The number of piperidine rings is 1. The fourth-order valence-electron chi connectivity index (χ4n) is 4.20. The summed E-state index contributed by atoms with van der Waals surface area (Å²) in [5, 5.41) is 2.90. The van der Waals surface area contributed by atoms with Crippen LogP contribution in [0.2, 0.25) is 0 Å². The van der Waals surface area contributed by atoms with E-state index in [-0.39, 0.29) is 17.8 Å². The summed E-state index contributed by atoms with van der Waals surface area (Å²) in [7, 11) is 1.37. The first-order chi connectivity index (χ1) is 16.5. The number of ether oxygens (including phenoxy) is 1. The molecule has 2 aromatic carbocycles. The minimum atomic E-state index is -0.346. The largest absolute Gasteiger partial charge is 0.465 e. The van der Waals surface area contributed by atoms with Gasteiger partial charge in [0.1, 0.15) is 0 Å². The van der Waals surface area contributed by atoms with Crippen LogP contribution in [0.15, 0.2) is 67.0 Å². The number of hydrogen-bond acceptors (Lipinski definition) is 5. The molecule has 3 aromatic rings. The molecule has 1 aromatic heterocycles. The molecule has 1 saturated heterocycles. The number of nitrogens with one attached hydrogen (secondary N) is 1. The van der Waals surface area contributed by atoms with Crippen LogP contribution in [0.25, 0.3) is 0 Å². The molecular weight excluding hydrogens is 430 g/mol. The van der Waals surface area contributed by atoms with Crippen molar-refractivity contribution in [3.05, 3.63) is 94.8 Å². The van der Waals surface area contributed by atoms with Crippen molar-refractivity contribution in [3.63, 3.8) is 0 Å². The topological polar surface area (TPSA) is 88.6 Å². The van der Waals surface area contributed by atoms with Crippen molar-refractivity contribution in [2.45, 2.75) is 25.7 Å². The maximum absolute atomic E-state index is 13.2. The Labute approximate surface area is 198 Å². The molecule has 0 aliphatic carbocycles. The molecule has 0 unspecified atom stereocenters. The van der Waals surface area contributed by atoms with Gasteiger partial charge in [0.25, 0.3) is 11.8 Å². The number of aromatic nitrogens is 1. The number of carbonyl (C=O) groups is 3. The molecule has 7 nitrogen and oxygen atoms in total. The molecule has 0 atom stereocenters. The maximum Gasteiger partial charge on any atom is 0.337 e. The van der Waals surface area contributed by atoms with Gasteiger partial charge in [0.2, 0.25) is 0 Å². The van der Waals surface area contributed by atoms with Gasteiger partial charge >= 0.3 is 5.97 Å². The van der Waals surface area contributed by atoms with Gasteiger partial charge in [-0.3, -0.25) is 14.6 Å². The summed E-state index contributed by atoms with van der Waals surface area (Å²) in [6, 6.07) is 16.2. The van der Waals surface area contributed by atoms with E-state index in [4.69, 9.17) is 4.74 Å². The van der Waals surface area contributed by atoms with Crippen LogP contribution in [0.1, 0.15) is 61.0 Å². The van der Waals surface area contributed by atoms with Gasteiger partial charge in [-0.15, -0.1) is 0 Å². The van der Waals surface area contributed by atoms with E-state index in [9.17, 15) is 14.4 Å². The fraction of sp³-hybridized carbons (Fsp3) is 0.259. The van der Waals surface area contributed by atoms with Crippen LogP contribution < -0.4 is 5.32 Å². The van der Waals surface area contributed by atoms with Gasteiger partial charge in [0.05, 0.1) is 12.7 Å². The lowest BCUT2D eigenvalue weighted by Crippen LogP contribution is -2.38. The zero-order valence-electron chi connectivity index (χ0n) is 19.3. The summed E-state index contributed by atoms with van der Waals surface area (Å²) in [5.41, 5.74) is 4.26. The highest BCUT2D eigenvalue weighted by Crippen LogP contribution is 2.29. The van der Waals surface area contributed by atoms with E-state index in [1.54, 1.807) is 48.8 Å². The van der Waals surface area contributed by atoms with Gasteiger partial charge in [0.15, 0.2) is 0 Å². The van der Waals surface area contributed by atoms with Crippen molar-refractivity contribution < 1.29 is 19.1 Å². The number of benzene rings is 2. The number of hydrogen-bond donors (Lipinski definition) is 1. The normalized spacial score (nSPS) is 13.9. The Hall–Kier alpha value is -4.00. The van der Waals surface area contributed by atoms with Crippen LogP contribution >= 0.6 is 0 Å². The highest BCUT2D eigenvalue weighted by atomic mass is 16.5. The second-order valence-corrected chi connectivity index (χ2v) is 8.40. The van der Waals surface area contributed by atoms with E-state index in [0.29, 0.717) is 41.4 Å². The number of carbonyl (C=O) groups excluding carboxylic acids is 3. The molecule has 0 spiro atoms. The van der Waals surface area contributed by atoms with Gasteiger partial charge in [-0.2, -0.15) is 0 Å². The quantitative estimate of drug-likeness (QED) is 0.572. The number of anilines is 1. The number of methoxy groups -OCH3 is 1. The van der Waals surface area contributed by atoms with Gasteiger partial charge in [-0.1, -0.05) is 18.2 Å². The first-order valence-electron chi connectivity index (χ1n) is 11.3. The molecule has 2 amide bonds. The second kappa shape index (κ2) is 10.3. The van der Waals surface area contributed by atoms with Crippen LogP contribution in [0.3, 0.4) is 0 Å². The number of nitrogens with zero attached hydrogens (tertiary/aromatic N) is 2. The predicted molar refractivity (Wildman–Crippen MR) is 129 cm³/mol. The van der Waals surface area contributed by atoms with E-state index >= 15 is 0 Å². The molecular formula is C27H27N3O4. The fourth-order valence-corrected chi connectivity index (χ4v) is 4.20. The van der Waals surface area contributed by atoms with E-state index in [2.05, 4.69) is 10.3 Å². The average Bonchev–Trinajstić information content (AvgIpc) is 2.89. The van der Waals surface area contributed by atoms with Crippen molar-refractivity contribution >= 4 is 23.5 Å². The Morgan fingerprint density at radius 3 is 2.21 bits per heavy atom. The molecule has 4 rings (SSSR count). The Bertz CT molecular complexity index is 1180. The summed E-state index contributed by atoms with van der Waals surface area (Å²) in [5.74, 6) is -0.293. The predicted octanol–water partition coefficient (Wildman–Crippen LogP) is 4.45. The molecule has 1 aliphatic heterocycles. The molecule has 0 radical (unpaired) electrons. The molecule has 1 aliphatic rings. The number of amides is 2. The van der Waals surface area contributed by atoms with Crippen LogP contribution in [0.5, 0.6) is 0 Å². The highest BCUT2D eigenvalue weighted by Gasteiger charge is 2.25. The first-order valence-corrected chi connectivity index (χ1v) is 11.3. The van der Waals surface area contributed by atoms with Crippen LogP contribution in [-0.2, 0) is 4.74 Å². The lowest BCUT2D eigenvalue weighted by Gasteiger charge is -2.32. The number of likely N-dealkylation sites (tertiary alicyclic amines) is 1. The van der Waals surface area contributed by atoms with E-state index in [1.165, 1.54) is 7.11 Å². The Morgan fingerprint density at radius 1 is 0.912 bits per heavy atom. The van der Waals surface area contributed by atoms with Gasteiger partial charge < -0.3 is 15.0 Å². The number of rotatable bonds is 5. The van der Waals surface area contributed by atoms with Crippen LogP contribution in [-0.4, -0.2) is 47.9 Å². The standard InChI is InChI=1S/C27H27N3O4/c1-18-3-4-23(17-24(18)29-25(31)21-9-13-28-14-10-21)26(32)30-15-11-20(12-16-30)19-5-7-22(8-6-19)27(33)34-2/h3-10,13-14,17,20H,11-12,15-16H2,1-2H3,(H,29,31). The zero-order valence-corrected chi connectivity index (χ0v) is 19.3. The Morgan fingerprint density at radius 2 is 1.56 bits per heavy atom. The van der Waals surface area contributed by atoms with Gasteiger partial charge in [0, 0.05) is 42.3 Å². The highest BCUT2D eigenvalue weighted by molar-refractivity contribution is 6.05. The smallest absolute Gasteiger partial charge is 0.337 e. The average molecular weight is 458 g/mol. The third kappa shape index (κ3) is 5.14. The molecule has 174 valence electrons. The SMILES string of the molecule is COC(=O)c1ccc(C2CCN(C(=O)c3ccc(C)c(NC(=O)c4ccncc4)c3)CC2)cc1. The minimum absolute atomic E-state index is 0.0427. The van der Waals surface area contributed by atoms with Crippen LogP contribution in [0.4, 0.5) is 5.69 Å². The third-order valence-electron chi connectivity index (χ3n) is 6.26. The van der Waals surface area contributed by atoms with E-state index in [1.807, 2.05) is 30.0 Å². The summed E-state index contributed by atoms with van der Waals surface area (Å²) in [6.07, 6.45) is 4.83. The van der Waals surface area contributed by atoms with Crippen molar-refractivity contribution in [1.82, 2.24) is 9.88 Å². The lowest BCUT2D eigenvalue weighted by molar-refractivity contribution is 0.0599. The Kier molecular flexibility index (Phi) is 7.01. The molecule has 34 heavy (non-hydrogen) atoms. The first kappa shape index (κ1) is 23.2. The molecule has 1 N–H and O–H groups in total. The molecule has 1 fully saturated rings. The molecule has 0 bridgehead atoms. The molecule has 0 saturated carbocycles. The van der Waals surface area contributed by atoms with E-state index in [0.717, 1.165) is 24.0 Å². The van der Waals surface area contributed by atoms with Crippen molar-refractivity contribution in [2.75, 3.05) is 25.5 Å². The summed E-state index contributed by atoms with van der Waals surface area (Å²) in [4.78, 5) is 43.1. The van der Waals surface area contributed by atoms with Gasteiger partial charge in [-0.05, 0) is 73.2 Å². The van der Waals surface area contributed by atoms with E-state index < -0.39 is 0 Å². The number of esters is 1. The lowest BCUT2D eigenvalue weighted by atomic mass is 9.88. The number of pyridine rings is 1. The zero-order chi connectivity index (χ0) is 24.1. The summed E-state index contributed by atoms with van der Waals surface area (Å²) < 4.78 is 4.75. The van der Waals surface area contributed by atoms with Crippen molar-refractivity contribution in [2.24, 2.45) is 0 Å². The third-order valence-corrected chi connectivity index (χ3v) is 6.26. The maximum atomic E-state index is 13.2. The monoisotopic (exact) mass is 457 g/mol. The van der Waals surface area contributed by atoms with Crippen molar-refractivity contribution in [1.29, 1.82) is 0 Å². The Balaban J connectivity index is 1.39. The van der Waals surface area contributed by atoms with Crippen molar-refractivity contribution in [3.8, 4) is 0 Å². The second-order valence-electron chi connectivity index (χ2n) is 8.40. The summed E-state index contributed by atoms with van der Waals surface area (Å²) >= 11 is 0. The minimum Gasteiger partial charge on any atom is -0.465 e.